The zero-order valence-corrected chi connectivity index (χ0v) is 12.8. The van der Waals surface area contributed by atoms with Crippen LogP contribution in [-0.2, 0) is 0 Å². The smallest absolute Gasteiger partial charge is 0.388 e. The van der Waals surface area contributed by atoms with Gasteiger partial charge in [0.25, 0.3) is 0 Å². The van der Waals surface area contributed by atoms with E-state index in [-0.39, 0.29) is 18.2 Å². The highest BCUT2D eigenvalue weighted by Crippen LogP contribution is 2.32. The third kappa shape index (κ3) is 2.28. The molecule has 0 amide bonds. The highest BCUT2D eigenvalue weighted by Gasteiger charge is 2.21. The maximum atomic E-state index is 12.4. The number of ether oxygens (including phenoxy) is 3. The van der Waals surface area contributed by atoms with Crippen LogP contribution in [-0.4, -0.2) is 12.8 Å². The molecular formula is C18H13NO5. The summed E-state index contributed by atoms with van der Waals surface area (Å²) >= 11 is 0. The average Bonchev–Trinajstić information content (AvgIpc) is 3.07. The molecule has 1 aliphatic rings. The van der Waals surface area contributed by atoms with Crippen LogP contribution in [0.15, 0.2) is 48.5 Å². The van der Waals surface area contributed by atoms with Gasteiger partial charge in [0, 0.05) is 6.07 Å². The van der Waals surface area contributed by atoms with E-state index in [1.165, 1.54) is 6.07 Å². The Kier molecular flexibility index (Phi) is 3.23. The first kappa shape index (κ1) is 14.3. The van der Waals surface area contributed by atoms with Gasteiger partial charge in [-0.15, -0.1) is 4.73 Å². The molecule has 0 aliphatic carbocycles. The summed E-state index contributed by atoms with van der Waals surface area (Å²) in [6, 6.07) is 13.5. The van der Waals surface area contributed by atoms with Gasteiger partial charge in [0.05, 0.1) is 17.0 Å². The summed E-state index contributed by atoms with van der Waals surface area (Å²) in [6.45, 7) is 1.98. The first-order valence-electron chi connectivity index (χ1n) is 7.37. The molecule has 0 saturated carbocycles. The number of para-hydroxylation sites is 1. The van der Waals surface area contributed by atoms with Crippen LogP contribution >= 0.6 is 0 Å². The number of hydrogen-bond donors (Lipinski definition) is 0. The molecular weight excluding hydrogens is 310 g/mol. The first-order valence-corrected chi connectivity index (χ1v) is 7.37. The van der Waals surface area contributed by atoms with Gasteiger partial charge in [-0.1, -0.05) is 12.1 Å². The van der Waals surface area contributed by atoms with Crippen molar-refractivity contribution in [2.45, 2.75) is 6.92 Å². The van der Waals surface area contributed by atoms with Crippen molar-refractivity contribution in [1.29, 1.82) is 0 Å². The van der Waals surface area contributed by atoms with Crippen LogP contribution in [0.1, 0.15) is 15.9 Å². The zero-order valence-electron chi connectivity index (χ0n) is 12.8. The summed E-state index contributed by atoms with van der Waals surface area (Å²) in [5.41, 5.74) is 1.59. The van der Waals surface area contributed by atoms with E-state index in [4.69, 9.17) is 14.2 Å². The number of carbonyl (C=O) groups is 1. The van der Waals surface area contributed by atoms with Crippen molar-refractivity contribution in [3.8, 4) is 17.4 Å². The van der Waals surface area contributed by atoms with Crippen molar-refractivity contribution in [3.05, 3.63) is 64.9 Å². The molecule has 0 spiro atoms. The number of hydrogen-bond acceptors (Lipinski definition) is 5. The van der Waals surface area contributed by atoms with Crippen LogP contribution in [0.2, 0.25) is 0 Å². The summed E-state index contributed by atoms with van der Waals surface area (Å²) in [5, 5.41) is 13.2. The maximum Gasteiger partial charge on any atom is 0.388 e. The fourth-order valence-electron chi connectivity index (χ4n) is 2.67. The average molecular weight is 323 g/mol. The maximum absolute atomic E-state index is 12.4. The lowest BCUT2D eigenvalue weighted by molar-refractivity contribution is -0.582. The minimum atomic E-state index is -0.632. The second-order valence-electron chi connectivity index (χ2n) is 5.43. The molecule has 24 heavy (non-hydrogen) atoms. The first-order chi connectivity index (χ1) is 11.6. The standard InChI is InChI=1S/C18H13NO5/c1-11-8-17(19(21)14-5-3-2-4-13(11)14)24-18(20)12-6-7-15-16(9-12)23-10-22-15/h2-9H,10H2,1H3. The summed E-state index contributed by atoms with van der Waals surface area (Å²) < 4.78 is 16.4. The molecule has 1 aromatic heterocycles. The molecule has 120 valence electrons. The number of aryl methyl sites for hydroxylation is 1. The predicted octanol–water partition coefficient (Wildman–Crippen LogP) is 2.73. The highest BCUT2D eigenvalue weighted by molar-refractivity contribution is 5.92. The molecule has 0 unspecified atom stereocenters. The number of esters is 1. The van der Waals surface area contributed by atoms with Crippen LogP contribution in [0.5, 0.6) is 17.4 Å². The van der Waals surface area contributed by atoms with Gasteiger partial charge < -0.3 is 19.4 Å². The van der Waals surface area contributed by atoms with Gasteiger partial charge >= 0.3 is 11.8 Å². The topological polar surface area (TPSA) is 71.7 Å². The lowest BCUT2D eigenvalue weighted by Gasteiger charge is -2.09. The van der Waals surface area contributed by atoms with E-state index in [0.29, 0.717) is 21.7 Å². The van der Waals surface area contributed by atoms with Crippen molar-refractivity contribution in [2.24, 2.45) is 0 Å². The molecule has 0 bridgehead atoms. The van der Waals surface area contributed by atoms with Gasteiger partial charge in [0.15, 0.2) is 11.5 Å². The van der Waals surface area contributed by atoms with Crippen LogP contribution in [0.3, 0.4) is 0 Å². The Hall–Kier alpha value is -3.28. The SMILES string of the molecule is Cc1cc(OC(=O)c2ccc3c(c2)OCO3)[n+]([O-])c2ccccc12. The van der Waals surface area contributed by atoms with Crippen LogP contribution in [0, 0.1) is 12.1 Å². The lowest BCUT2D eigenvalue weighted by Crippen LogP contribution is -2.31. The molecule has 2 heterocycles. The van der Waals surface area contributed by atoms with E-state index >= 15 is 0 Å². The Balaban J connectivity index is 1.69. The van der Waals surface area contributed by atoms with Crippen LogP contribution < -0.4 is 18.9 Å². The fourth-order valence-corrected chi connectivity index (χ4v) is 2.67. The summed E-state index contributed by atoms with van der Waals surface area (Å²) in [5.74, 6) is 0.363. The third-order valence-electron chi connectivity index (χ3n) is 3.89. The molecule has 0 N–H and O–H groups in total. The number of nitrogens with zero attached hydrogens (tertiary/aromatic N) is 1. The molecule has 4 rings (SSSR count). The lowest BCUT2D eigenvalue weighted by atomic mass is 10.1. The van der Waals surface area contributed by atoms with Crippen molar-refractivity contribution in [3.63, 3.8) is 0 Å². The Morgan fingerprint density at radius 2 is 1.92 bits per heavy atom. The quantitative estimate of drug-likeness (QED) is 0.412. The van der Waals surface area contributed by atoms with E-state index in [9.17, 15) is 10.0 Å². The molecule has 6 nitrogen and oxygen atoms in total. The van der Waals surface area contributed by atoms with Gasteiger partial charge in [0.2, 0.25) is 12.3 Å². The molecule has 0 saturated heterocycles. The van der Waals surface area contributed by atoms with Gasteiger partial charge in [-0.25, -0.2) is 4.79 Å². The Bertz CT molecular complexity index is 967. The fraction of sp³-hybridized carbons (Fsp3) is 0.111. The Morgan fingerprint density at radius 1 is 1.12 bits per heavy atom. The van der Waals surface area contributed by atoms with Crippen molar-refractivity contribution < 1.29 is 23.7 Å². The van der Waals surface area contributed by atoms with E-state index in [2.05, 4.69) is 0 Å². The molecule has 1 aliphatic heterocycles. The second-order valence-corrected chi connectivity index (χ2v) is 5.43. The minimum Gasteiger partial charge on any atom is -0.616 e. The van der Waals surface area contributed by atoms with Crippen molar-refractivity contribution in [2.75, 3.05) is 6.79 Å². The molecule has 2 aromatic carbocycles. The largest absolute Gasteiger partial charge is 0.616 e. The number of rotatable bonds is 2. The molecule has 0 atom stereocenters. The monoisotopic (exact) mass is 323 g/mol. The summed E-state index contributed by atoms with van der Waals surface area (Å²) in [7, 11) is 0. The summed E-state index contributed by atoms with van der Waals surface area (Å²) in [6.07, 6.45) is 0. The highest BCUT2D eigenvalue weighted by atomic mass is 16.7. The zero-order chi connectivity index (χ0) is 16.7. The molecule has 6 heteroatoms. The molecule has 3 aromatic rings. The summed E-state index contributed by atoms with van der Waals surface area (Å²) in [4.78, 5) is 12.3. The van der Waals surface area contributed by atoms with E-state index in [1.54, 1.807) is 30.3 Å². The number of aromatic nitrogens is 1. The van der Waals surface area contributed by atoms with E-state index < -0.39 is 5.97 Å². The Morgan fingerprint density at radius 3 is 2.79 bits per heavy atom. The van der Waals surface area contributed by atoms with Crippen LogP contribution in [0.25, 0.3) is 10.9 Å². The van der Waals surface area contributed by atoms with Gasteiger partial charge in [-0.3, -0.25) is 0 Å². The predicted molar refractivity (Wildman–Crippen MR) is 85.2 cm³/mol. The van der Waals surface area contributed by atoms with Crippen molar-refractivity contribution in [1.82, 2.24) is 0 Å². The van der Waals surface area contributed by atoms with Gasteiger partial charge in [-0.2, -0.15) is 0 Å². The van der Waals surface area contributed by atoms with E-state index in [0.717, 1.165) is 10.9 Å². The van der Waals surface area contributed by atoms with Crippen molar-refractivity contribution >= 4 is 16.9 Å². The van der Waals surface area contributed by atoms with Gasteiger partial charge in [-0.05, 0) is 36.8 Å². The minimum absolute atomic E-state index is 0.0612. The Labute approximate surface area is 137 Å². The van der Waals surface area contributed by atoms with Crippen LogP contribution in [0.4, 0.5) is 0 Å². The number of carbonyl (C=O) groups excluding carboxylic acids is 1. The number of fused-ring (bicyclic) bond motifs is 2. The second kappa shape index (κ2) is 5.42. The van der Waals surface area contributed by atoms with Gasteiger partial charge in [0.1, 0.15) is 0 Å². The number of benzene rings is 2. The molecule has 0 radical (unpaired) electrons. The normalized spacial score (nSPS) is 12.4. The van der Waals surface area contributed by atoms with E-state index in [1.807, 2.05) is 19.1 Å². The number of pyridine rings is 1. The molecule has 0 fully saturated rings. The third-order valence-corrected chi connectivity index (χ3v) is 3.89.